The lowest BCUT2D eigenvalue weighted by molar-refractivity contribution is 0.600. The second kappa shape index (κ2) is 5.76. The molecule has 6 heteroatoms. The number of rotatable bonds is 4. The molecule has 0 fully saturated rings. The first-order chi connectivity index (χ1) is 10.2. The highest BCUT2D eigenvalue weighted by atomic mass is 32.2. The number of aromatic nitrogens is 2. The van der Waals surface area contributed by atoms with Gasteiger partial charge in [0.1, 0.15) is 0 Å². The van der Waals surface area contributed by atoms with Gasteiger partial charge in [0.05, 0.1) is 22.0 Å². The maximum absolute atomic E-state index is 12.8. The molecule has 0 spiro atoms. The third-order valence-corrected chi connectivity index (χ3v) is 5.45. The van der Waals surface area contributed by atoms with E-state index >= 15 is 0 Å². The largest absolute Gasteiger partial charge is 0.276 e. The Morgan fingerprint density at radius 1 is 1.09 bits per heavy atom. The molecule has 1 aromatic carbocycles. The molecular formula is C16H23N3O2S. The molecule has 1 N–H and O–H groups in total. The number of hydrogen-bond donors (Lipinski definition) is 1. The molecule has 2 aromatic rings. The maximum Gasteiger partial charge on any atom is 0.262 e. The van der Waals surface area contributed by atoms with Crippen LogP contribution in [0.1, 0.15) is 35.0 Å². The molecule has 1 heterocycles. The molecule has 2 rings (SSSR count). The Labute approximate surface area is 132 Å². The van der Waals surface area contributed by atoms with E-state index < -0.39 is 10.0 Å². The fourth-order valence-corrected chi connectivity index (χ4v) is 4.56. The predicted molar refractivity (Wildman–Crippen MR) is 88.8 cm³/mol. The highest BCUT2D eigenvalue weighted by Crippen LogP contribution is 2.27. The summed E-state index contributed by atoms with van der Waals surface area (Å²) >= 11 is 0. The van der Waals surface area contributed by atoms with Crippen LogP contribution in [0.3, 0.4) is 0 Å². The van der Waals surface area contributed by atoms with E-state index in [1.165, 1.54) is 0 Å². The van der Waals surface area contributed by atoms with Crippen LogP contribution in [0.25, 0.3) is 0 Å². The van der Waals surface area contributed by atoms with Gasteiger partial charge in [-0.05, 0) is 52.7 Å². The fraction of sp³-hybridized carbons (Fsp3) is 0.438. The van der Waals surface area contributed by atoms with E-state index in [1.54, 1.807) is 4.68 Å². The molecule has 0 amide bonds. The molecule has 0 aliphatic heterocycles. The number of benzene rings is 1. The summed E-state index contributed by atoms with van der Waals surface area (Å²) < 4.78 is 30.1. The molecule has 0 aliphatic carbocycles. The Kier molecular flexibility index (Phi) is 4.33. The van der Waals surface area contributed by atoms with Gasteiger partial charge in [0, 0.05) is 6.54 Å². The van der Waals surface area contributed by atoms with Crippen molar-refractivity contribution in [2.45, 2.75) is 53.0 Å². The first-order valence-electron chi connectivity index (χ1n) is 7.32. The number of nitrogens with zero attached hydrogens (tertiary/aromatic N) is 2. The minimum absolute atomic E-state index is 0.348. The number of sulfonamides is 1. The van der Waals surface area contributed by atoms with Gasteiger partial charge in [0.25, 0.3) is 10.0 Å². The number of hydrogen-bond acceptors (Lipinski definition) is 3. The number of nitrogens with one attached hydrogen (secondary N) is 1. The number of aryl methyl sites for hydroxylation is 5. The molecule has 22 heavy (non-hydrogen) atoms. The van der Waals surface area contributed by atoms with Crippen LogP contribution in [0.2, 0.25) is 0 Å². The van der Waals surface area contributed by atoms with Crippen molar-refractivity contribution in [2.75, 3.05) is 4.72 Å². The third kappa shape index (κ3) is 2.88. The lowest BCUT2D eigenvalue weighted by Gasteiger charge is -2.14. The van der Waals surface area contributed by atoms with Crippen molar-refractivity contribution in [1.29, 1.82) is 0 Å². The van der Waals surface area contributed by atoms with Crippen LogP contribution in [-0.4, -0.2) is 18.2 Å². The highest BCUT2D eigenvalue weighted by molar-refractivity contribution is 7.92. The molecule has 0 atom stereocenters. The molecule has 0 saturated carbocycles. The van der Waals surface area contributed by atoms with E-state index in [2.05, 4.69) is 9.82 Å². The van der Waals surface area contributed by atoms with E-state index in [9.17, 15) is 8.42 Å². The van der Waals surface area contributed by atoms with Gasteiger partial charge >= 0.3 is 0 Å². The average molecular weight is 321 g/mol. The SMILES string of the molecule is CCn1nc(C)c(NS(=O)(=O)c2c(C)cc(C)cc2C)c1C. The Bertz CT molecular complexity index is 797. The maximum atomic E-state index is 12.8. The summed E-state index contributed by atoms with van der Waals surface area (Å²) in [7, 11) is -3.63. The Balaban J connectivity index is 2.52. The molecule has 120 valence electrons. The molecule has 0 saturated heterocycles. The predicted octanol–water partition coefficient (Wildman–Crippen LogP) is 3.25. The Morgan fingerprint density at radius 2 is 1.64 bits per heavy atom. The summed E-state index contributed by atoms with van der Waals surface area (Å²) in [5.41, 5.74) is 4.64. The number of anilines is 1. The van der Waals surface area contributed by atoms with Crippen molar-refractivity contribution in [2.24, 2.45) is 0 Å². The van der Waals surface area contributed by atoms with Crippen molar-refractivity contribution in [3.8, 4) is 0 Å². The first-order valence-corrected chi connectivity index (χ1v) is 8.80. The lowest BCUT2D eigenvalue weighted by atomic mass is 10.1. The van der Waals surface area contributed by atoms with Crippen molar-refractivity contribution < 1.29 is 8.42 Å². The van der Waals surface area contributed by atoms with Gasteiger partial charge in [-0.3, -0.25) is 9.40 Å². The first kappa shape index (κ1) is 16.5. The topological polar surface area (TPSA) is 64.0 Å². The summed E-state index contributed by atoms with van der Waals surface area (Å²) in [6.45, 7) is 12.0. The van der Waals surface area contributed by atoms with E-state index in [-0.39, 0.29) is 0 Å². The van der Waals surface area contributed by atoms with Crippen LogP contribution >= 0.6 is 0 Å². The van der Waals surface area contributed by atoms with Gasteiger partial charge in [0.15, 0.2) is 0 Å². The van der Waals surface area contributed by atoms with Gasteiger partial charge in [-0.1, -0.05) is 17.7 Å². The van der Waals surface area contributed by atoms with Gasteiger partial charge in [-0.15, -0.1) is 0 Å². The van der Waals surface area contributed by atoms with Crippen LogP contribution in [0.15, 0.2) is 17.0 Å². The standard InChI is InChI=1S/C16H23N3O2S/c1-7-19-14(6)15(13(5)17-19)18-22(20,21)16-11(3)8-10(2)9-12(16)4/h8-9,18H,7H2,1-6H3. The van der Waals surface area contributed by atoms with Crippen molar-refractivity contribution in [1.82, 2.24) is 9.78 Å². The minimum atomic E-state index is -3.63. The zero-order valence-corrected chi connectivity index (χ0v) is 14.8. The van der Waals surface area contributed by atoms with Gasteiger partial charge < -0.3 is 0 Å². The Morgan fingerprint density at radius 3 is 2.09 bits per heavy atom. The summed E-state index contributed by atoms with van der Waals surface area (Å²) in [5, 5.41) is 4.36. The highest BCUT2D eigenvalue weighted by Gasteiger charge is 2.23. The summed E-state index contributed by atoms with van der Waals surface area (Å²) in [4.78, 5) is 0.348. The van der Waals surface area contributed by atoms with Crippen molar-refractivity contribution >= 4 is 15.7 Å². The fourth-order valence-electron chi connectivity index (χ4n) is 2.93. The van der Waals surface area contributed by atoms with E-state index in [1.807, 2.05) is 53.7 Å². The van der Waals surface area contributed by atoms with Crippen LogP contribution < -0.4 is 4.72 Å². The van der Waals surface area contributed by atoms with E-state index in [0.29, 0.717) is 22.8 Å². The molecule has 0 radical (unpaired) electrons. The quantitative estimate of drug-likeness (QED) is 0.940. The van der Waals surface area contributed by atoms with Crippen molar-refractivity contribution in [3.05, 3.63) is 40.2 Å². The van der Waals surface area contributed by atoms with E-state index in [4.69, 9.17) is 0 Å². The average Bonchev–Trinajstić information content (AvgIpc) is 2.64. The van der Waals surface area contributed by atoms with E-state index in [0.717, 1.165) is 22.4 Å². The zero-order valence-electron chi connectivity index (χ0n) is 14.0. The monoisotopic (exact) mass is 321 g/mol. The van der Waals surface area contributed by atoms with Crippen LogP contribution in [-0.2, 0) is 16.6 Å². The normalized spacial score (nSPS) is 11.7. The molecule has 0 unspecified atom stereocenters. The zero-order chi connectivity index (χ0) is 16.7. The van der Waals surface area contributed by atoms with Crippen LogP contribution in [0.4, 0.5) is 5.69 Å². The van der Waals surface area contributed by atoms with Gasteiger partial charge in [0.2, 0.25) is 0 Å². The molecule has 1 aromatic heterocycles. The molecule has 5 nitrogen and oxygen atoms in total. The summed E-state index contributed by atoms with van der Waals surface area (Å²) in [6, 6.07) is 3.77. The van der Waals surface area contributed by atoms with Gasteiger partial charge in [-0.2, -0.15) is 5.10 Å². The lowest BCUT2D eigenvalue weighted by Crippen LogP contribution is -2.17. The second-order valence-corrected chi connectivity index (χ2v) is 7.31. The third-order valence-electron chi connectivity index (χ3n) is 3.79. The minimum Gasteiger partial charge on any atom is -0.276 e. The molecular weight excluding hydrogens is 298 g/mol. The Hall–Kier alpha value is -1.82. The van der Waals surface area contributed by atoms with Crippen LogP contribution in [0, 0.1) is 34.6 Å². The van der Waals surface area contributed by atoms with Gasteiger partial charge in [-0.25, -0.2) is 8.42 Å². The van der Waals surface area contributed by atoms with Crippen molar-refractivity contribution in [3.63, 3.8) is 0 Å². The molecule has 0 bridgehead atoms. The molecule has 0 aliphatic rings. The summed E-state index contributed by atoms with van der Waals surface area (Å²) in [6.07, 6.45) is 0. The second-order valence-electron chi connectivity index (χ2n) is 5.69. The summed E-state index contributed by atoms with van der Waals surface area (Å²) in [5.74, 6) is 0. The van der Waals surface area contributed by atoms with Crippen LogP contribution in [0.5, 0.6) is 0 Å². The smallest absolute Gasteiger partial charge is 0.262 e.